The highest BCUT2D eigenvalue weighted by atomic mass is 16.6. The van der Waals surface area contributed by atoms with E-state index in [0.717, 1.165) is 18.9 Å². The van der Waals surface area contributed by atoms with Crippen molar-refractivity contribution in [3.05, 3.63) is 23.9 Å². The normalized spacial score (nSPS) is 19.8. The number of carbonyl (C=O) groups excluding carboxylic acids is 1. The van der Waals surface area contributed by atoms with Crippen molar-refractivity contribution in [1.82, 2.24) is 10.3 Å². The fourth-order valence-corrected chi connectivity index (χ4v) is 2.02. The van der Waals surface area contributed by atoms with Gasteiger partial charge in [0.1, 0.15) is 11.4 Å². The van der Waals surface area contributed by atoms with Gasteiger partial charge in [0.25, 0.3) is 0 Å². The van der Waals surface area contributed by atoms with Gasteiger partial charge in [-0.05, 0) is 32.9 Å². The molecule has 1 aromatic heterocycles. The number of esters is 1. The average molecular weight is 278 g/mol. The summed E-state index contributed by atoms with van der Waals surface area (Å²) in [6.45, 7) is 7.92. The van der Waals surface area contributed by atoms with Crippen molar-refractivity contribution in [3.8, 4) is 0 Å². The van der Waals surface area contributed by atoms with E-state index in [1.165, 1.54) is 0 Å². The maximum atomic E-state index is 11.9. The van der Waals surface area contributed by atoms with Crippen molar-refractivity contribution in [1.29, 1.82) is 0 Å². The molecule has 0 spiro atoms. The molecule has 1 aromatic rings. The van der Waals surface area contributed by atoms with Gasteiger partial charge in [-0.15, -0.1) is 0 Å². The topological polar surface area (TPSA) is 80.5 Å². The molecule has 0 aromatic carbocycles. The van der Waals surface area contributed by atoms with Crippen molar-refractivity contribution in [2.24, 2.45) is 5.73 Å². The molecule has 0 amide bonds. The highest BCUT2D eigenvalue weighted by Gasteiger charge is 2.20. The molecule has 1 unspecified atom stereocenters. The van der Waals surface area contributed by atoms with E-state index in [-0.39, 0.29) is 12.1 Å². The standard InChI is InChI=1S/C14H22N4O2/c1-14(2,3)20-13(19)10-4-5-12(17-8-10)18-7-6-16-11(15)9-18/h4-5,8,11,16H,6-7,9,15H2,1-3H3. The minimum absolute atomic E-state index is 0.0453. The Kier molecular flexibility index (Phi) is 4.25. The van der Waals surface area contributed by atoms with Gasteiger partial charge in [0.15, 0.2) is 0 Å². The highest BCUT2D eigenvalue weighted by molar-refractivity contribution is 5.89. The zero-order valence-corrected chi connectivity index (χ0v) is 12.2. The number of anilines is 1. The van der Waals surface area contributed by atoms with Crippen LogP contribution in [-0.2, 0) is 4.74 Å². The molecule has 1 fully saturated rings. The second kappa shape index (κ2) is 5.76. The van der Waals surface area contributed by atoms with E-state index in [9.17, 15) is 4.79 Å². The number of nitrogens with one attached hydrogen (secondary N) is 1. The van der Waals surface area contributed by atoms with Gasteiger partial charge in [0.2, 0.25) is 0 Å². The molecule has 0 radical (unpaired) electrons. The molecule has 6 nitrogen and oxygen atoms in total. The fourth-order valence-electron chi connectivity index (χ4n) is 2.02. The molecule has 2 rings (SSSR count). The Labute approximate surface area is 119 Å². The largest absolute Gasteiger partial charge is 0.456 e. The lowest BCUT2D eigenvalue weighted by atomic mass is 10.2. The lowest BCUT2D eigenvalue weighted by molar-refractivity contribution is 0.00691. The third-order valence-electron chi connectivity index (χ3n) is 2.91. The maximum Gasteiger partial charge on any atom is 0.340 e. The second-order valence-corrected chi connectivity index (χ2v) is 5.91. The number of hydrogen-bond acceptors (Lipinski definition) is 6. The van der Waals surface area contributed by atoms with Gasteiger partial charge < -0.3 is 15.4 Å². The summed E-state index contributed by atoms with van der Waals surface area (Å²) in [6.07, 6.45) is 1.51. The van der Waals surface area contributed by atoms with Crippen LogP contribution < -0.4 is 16.0 Å². The molecule has 0 aliphatic carbocycles. The number of nitrogens with zero attached hydrogens (tertiary/aromatic N) is 2. The summed E-state index contributed by atoms with van der Waals surface area (Å²) >= 11 is 0. The van der Waals surface area contributed by atoms with Crippen LogP contribution in [0.15, 0.2) is 18.3 Å². The van der Waals surface area contributed by atoms with Gasteiger partial charge in [0.05, 0.1) is 11.7 Å². The minimum Gasteiger partial charge on any atom is -0.456 e. The zero-order valence-electron chi connectivity index (χ0n) is 12.2. The lowest BCUT2D eigenvalue weighted by Gasteiger charge is -2.32. The number of nitrogens with two attached hydrogens (primary N) is 1. The Bertz CT molecular complexity index is 467. The third kappa shape index (κ3) is 3.91. The van der Waals surface area contributed by atoms with E-state index in [4.69, 9.17) is 10.5 Å². The molecule has 6 heteroatoms. The predicted molar refractivity (Wildman–Crippen MR) is 77.6 cm³/mol. The molecule has 1 saturated heterocycles. The van der Waals surface area contributed by atoms with Crippen molar-refractivity contribution in [2.45, 2.75) is 32.5 Å². The first kappa shape index (κ1) is 14.7. The molecule has 1 atom stereocenters. The Morgan fingerprint density at radius 2 is 2.25 bits per heavy atom. The van der Waals surface area contributed by atoms with E-state index < -0.39 is 5.60 Å². The predicted octanol–water partition coefficient (Wildman–Crippen LogP) is 0.731. The Balaban J connectivity index is 2.04. The van der Waals surface area contributed by atoms with Crippen LogP contribution in [0.5, 0.6) is 0 Å². The van der Waals surface area contributed by atoms with Crippen molar-refractivity contribution in [2.75, 3.05) is 24.5 Å². The summed E-state index contributed by atoms with van der Waals surface area (Å²) < 4.78 is 5.30. The highest BCUT2D eigenvalue weighted by Crippen LogP contribution is 2.15. The number of piperazine rings is 1. The Morgan fingerprint density at radius 1 is 1.50 bits per heavy atom. The van der Waals surface area contributed by atoms with Crippen LogP contribution >= 0.6 is 0 Å². The zero-order chi connectivity index (χ0) is 14.8. The Hall–Kier alpha value is -1.66. The van der Waals surface area contributed by atoms with Gasteiger partial charge in [0, 0.05) is 25.8 Å². The van der Waals surface area contributed by atoms with Crippen molar-refractivity contribution >= 4 is 11.8 Å². The summed E-state index contributed by atoms with van der Waals surface area (Å²) in [5.74, 6) is 0.475. The third-order valence-corrected chi connectivity index (χ3v) is 2.91. The monoisotopic (exact) mass is 278 g/mol. The minimum atomic E-state index is -0.499. The first-order valence-electron chi connectivity index (χ1n) is 6.78. The maximum absolute atomic E-state index is 11.9. The van der Waals surface area contributed by atoms with Crippen LogP contribution in [0.3, 0.4) is 0 Å². The molecular formula is C14H22N4O2. The smallest absolute Gasteiger partial charge is 0.340 e. The summed E-state index contributed by atoms with van der Waals surface area (Å²) in [5.41, 5.74) is 5.82. The molecule has 3 N–H and O–H groups in total. The molecule has 0 saturated carbocycles. The summed E-state index contributed by atoms with van der Waals surface area (Å²) in [5, 5.41) is 3.17. The molecule has 20 heavy (non-hydrogen) atoms. The average Bonchev–Trinajstić information content (AvgIpc) is 2.37. The quantitative estimate of drug-likeness (QED) is 0.776. The first-order chi connectivity index (χ1) is 9.35. The van der Waals surface area contributed by atoms with E-state index in [0.29, 0.717) is 12.1 Å². The molecule has 2 heterocycles. The second-order valence-electron chi connectivity index (χ2n) is 5.91. The molecule has 1 aliphatic rings. The van der Waals surface area contributed by atoms with E-state index in [1.54, 1.807) is 12.3 Å². The number of aromatic nitrogens is 1. The van der Waals surface area contributed by atoms with Gasteiger partial charge in [-0.25, -0.2) is 9.78 Å². The number of ether oxygens (including phenoxy) is 1. The van der Waals surface area contributed by atoms with E-state index in [2.05, 4.69) is 15.2 Å². The molecular weight excluding hydrogens is 256 g/mol. The van der Waals surface area contributed by atoms with Crippen LogP contribution in [0, 0.1) is 0 Å². The SMILES string of the molecule is CC(C)(C)OC(=O)c1ccc(N2CCNC(N)C2)nc1. The van der Waals surface area contributed by atoms with E-state index in [1.807, 2.05) is 26.8 Å². The summed E-state index contributed by atoms with van der Waals surface area (Å²) in [7, 11) is 0. The van der Waals surface area contributed by atoms with Crippen LogP contribution in [-0.4, -0.2) is 42.4 Å². The summed E-state index contributed by atoms with van der Waals surface area (Å²) in [6, 6.07) is 3.57. The summed E-state index contributed by atoms with van der Waals surface area (Å²) in [4.78, 5) is 18.3. The molecule has 1 aliphatic heterocycles. The van der Waals surface area contributed by atoms with Crippen molar-refractivity contribution < 1.29 is 9.53 Å². The number of rotatable bonds is 2. The molecule has 110 valence electrons. The number of pyridine rings is 1. The number of carbonyl (C=O) groups is 1. The van der Waals surface area contributed by atoms with Crippen LogP contribution in [0.25, 0.3) is 0 Å². The van der Waals surface area contributed by atoms with E-state index >= 15 is 0 Å². The van der Waals surface area contributed by atoms with Gasteiger partial charge in [-0.2, -0.15) is 0 Å². The first-order valence-corrected chi connectivity index (χ1v) is 6.78. The van der Waals surface area contributed by atoms with Crippen LogP contribution in [0.4, 0.5) is 5.82 Å². The number of hydrogen-bond donors (Lipinski definition) is 2. The lowest BCUT2D eigenvalue weighted by Crippen LogP contribution is -2.55. The Morgan fingerprint density at radius 3 is 2.80 bits per heavy atom. The van der Waals surface area contributed by atoms with Gasteiger partial charge in [-0.3, -0.25) is 5.32 Å². The van der Waals surface area contributed by atoms with Crippen LogP contribution in [0.2, 0.25) is 0 Å². The van der Waals surface area contributed by atoms with Gasteiger partial charge >= 0.3 is 5.97 Å². The fraction of sp³-hybridized carbons (Fsp3) is 0.571. The molecule has 0 bridgehead atoms. The van der Waals surface area contributed by atoms with Crippen molar-refractivity contribution in [3.63, 3.8) is 0 Å². The van der Waals surface area contributed by atoms with Crippen LogP contribution in [0.1, 0.15) is 31.1 Å². The van der Waals surface area contributed by atoms with Gasteiger partial charge in [-0.1, -0.05) is 0 Å².